The third-order valence-corrected chi connectivity index (χ3v) is 3.08. The molecule has 0 aliphatic heterocycles. The van der Waals surface area contributed by atoms with Gasteiger partial charge in [-0.3, -0.25) is 0 Å². The summed E-state index contributed by atoms with van der Waals surface area (Å²) in [5.74, 6) is 0.0412. The first-order valence-corrected chi connectivity index (χ1v) is 5.83. The second-order valence-corrected chi connectivity index (χ2v) is 5.08. The van der Waals surface area contributed by atoms with Crippen LogP contribution in [0.3, 0.4) is 0 Å². The van der Waals surface area contributed by atoms with E-state index in [-0.39, 0.29) is 18.1 Å². The molecule has 0 saturated carbocycles. The van der Waals surface area contributed by atoms with Crippen LogP contribution in [0.15, 0.2) is 11.8 Å². The summed E-state index contributed by atoms with van der Waals surface area (Å²) >= 11 is 0. The highest BCUT2D eigenvalue weighted by molar-refractivity contribution is 7.87. The van der Waals surface area contributed by atoms with Crippen LogP contribution in [0.25, 0.3) is 0 Å². The zero-order valence-corrected chi connectivity index (χ0v) is 8.86. The topological polar surface area (TPSA) is 43.4 Å². The lowest BCUT2D eigenvalue weighted by Gasteiger charge is -2.19. The number of hydrogen-bond donors (Lipinski definition) is 0. The lowest BCUT2D eigenvalue weighted by molar-refractivity contribution is -0.0525. The average molecular weight is 244 g/mol. The Balaban J connectivity index is 2.75. The third kappa shape index (κ3) is 3.12. The maximum absolute atomic E-state index is 11.9. The Kier molecular flexibility index (Phi) is 3.32. The van der Waals surface area contributed by atoms with Gasteiger partial charge >= 0.3 is 15.6 Å². The summed E-state index contributed by atoms with van der Waals surface area (Å²) in [6.07, 6.45) is 3.00. The van der Waals surface area contributed by atoms with Crippen molar-refractivity contribution in [2.75, 3.05) is 0 Å². The van der Waals surface area contributed by atoms with E-state index in [9.17, 15) is 21.6 Å². The molecule has 15 heavy (non-hydrogen) atoms. The molecule has 0 aromatic rings. The number of rotatable bonds is 2. The van der Waals surface area contributed by atoms with Crippen molar-refractivity contribution in [3.05, 3.63) is 11.8 Å². The van der Waals surface area contributed by atoms with Gasteiger partial charge in [-0.05, 0) is 24.8 Å². The van der Waals surface area contributed by atoms with Crippen LogP contribution >= 0.6 is 0 Å². The quantitative estimate of drug-likeness (QED) is 0.554. The molecule has 0 fully saturated rings. The molecule has 1 atom stereocenters. The highest BCUT2D eigenvalue weighted by Crippen LogP contribution is 2.31. The van der Waals surface area contributed by atoms with Crippen molar-refractivity contribution in [1.29, 1.82) is 0 Å². The molecule has 1 rings (SSSR count). The van der Waals surface area contributed by atoms with Gasteiger partial charge in [-0.25, -0.2) is 0 Å². The van der Waals surface area contributed by atoms with Crippen LogP contribution in [-0.2, 0) is 14.3 Å². The summed E-state index contributed by atoms with van der Waals surface area (Å²) in [6.45, 7) is 1.83. The second-order valence-electron chi connectivity index (χ2n) is 3.54. The number of allylic oxidation sites excluding steroid dienone is 2. The Morgan fingerprint density at radius 3 is 2.53 bits per heavy atom. The number of halogens is 3. The Labute approximate surface area is 86.0 Å². The van der Waals surface area contributed by atoms with E-state index >= 15 is 0 Å². The fourth-order valence-corrected chi connectivity index (χ4v) is 1.83. The fourth-order valence-electron chi connectivity index (χ4n) is 1.31. The van der Waals surface area contributed by atoms with Gasteiger partial charge in [0.15, 0.2) is 0 Å². The summed E-state index contributed by atoms with van der Waals surface area (Å²) in [7, 11) is -5.49. The van der Waals surface area contributed by atoms with Crippen LogP contribution in [0.2, 0.25) is 0 Å². The first-order valence-electron chi connectivity index (χ1n) is 4.42. The minimum Gasteiger partial charge on any atom is -0.381 e. The summed E-state index contributed by atoms with van der Waals surface area (Å²) in [5, 5.41) is 0. The molecule has 0 heterocycles. The van der Waals surface area contributed by atoms with Crippen LogP contribution < -0.4 is 0 Å². The molecule has 0 unspecified atom stereocenters. The van der Waals surface area contributed by atoms with Crippen molar-refractivity contribution in [2.45, 2.75) is 31.7 Å². The standard InChI is InChI=1S/C8H11F3O3S/c1-6-3-2-4-7(5-6)14-15(12,13)8(9,10)11/h4,6H,2-3,5H2,1H3/t6-/m0/s1. The summed E-state index contributed by atoms with van der Waals surface area (Å²) < 4.78 is 61.1. The summed E-state index contributed by atoms with van der Waals surface area (Å²) in [6, 6.07) is 0. The number of alkyl halides is 3. The van der Waals surface area contributed by atoms with Gasteiger partial charge in [-0.2, -0.15) is 21.6 Å². The van der Waals surface area contributed by atoms with Crippen molar-refractivity contribution in [1.82, 2.24) is 0 Å². The Hall–Kier alpha value is -0.720. The average Bonchev–Trinajstić information content (AvgIpc) is 2.00. The zero-order valence-electron chi connectivity index (χ0n) is 8.04. The molecule has 0 aromatic heterocycles. The van der Waals surface area contributed by atoms with Gasteiger partial charge in [0.1, 0.15) is 5.76 Å². The Bertz CT molecular complexity index is 356. The molecular formula is C8H11F3O3S. The molecule has 1 aliphatic carbocycles. The van der Waals surface area contributed by atoms with E-state index in [0.29, 0.717) is 6.42 Å². The van der Waals surface area contributed by atoms with E-state index in [0.717, 1.165) is 6.42 Å². The highest BCUT2D eigenvalue weighted by Gasteiger charge is 2.48. The fraction of sp³-hybridized carbons (Fsp3) is 0.750. The minimum atomic E-state index is -5.49. The largest absolute Gasteiger partial charge is 0.534 e. The maximum atomic E-state index is 11.9. The molecule has 3 nitrogen and oxygen atoms in total. The molecule has 0 aromatic carbocycles. The van der Waals surface area contributed by atoms with Crippen molar-refractivity contribution < 1.29 is 25.8 Å². The van der Waals surface area contributed by atoms with E-state index in [1.54, 1.807) is 0 Å². The van der Waals surface area contributed by atoms with Crippen molar-refractivity contribution >= 4 is 10.1 Å². The molecule has 0 radical (unpaired) electrons. The van der Waals surface area contributed by atoms with Crippen molar-refractivity contribution in [2.24, 2.45) is 5.92 Å². The van der Waals surface area contributed by atoms with Gasteiger partial charge in [0.25, 0.3) is 0 Å². The van der Waals surface area contributed by atoms with Crippen LogP contribution in [0.1, 0.15) is 26.2 Å². The third-order valence-electron chi connectivity index (χ3n) is 2.08. The van der Waals surface area contributed by atoms with E-state index in [1.807, 2.05) is 6.92 Å². The van der Waals surface area contributed by atoms with E-state index in [4.69, 9.17) is 0 Å². The van der Waals surface area contributed by atoms with Gasteiger partial charge in [-0.1, -0.05) is 6.92 Å². The van der Waals surface area contributed by atoms with Gasteiger partial charge < -0.3 is 4.18 Å². The molecule has 0 saturated heterocycles. The normalized spacial score (nSPS) is 23.5. The second kappa shape index (κ2) is 4.03. The molecule has 7 heteroatoms. The Morgan fingerprint density at radius 2 is 2.07 bits per heavy atom. The molecule has 1 aliphatic rings. The molecule has 0 N–H and O–H groups in total. The summed E-state index contributed by atoms with van der Waals surface area (Å²) in [4.78, 5) is 0. The van der Waals surface area contributed by atoms with Crippen LogP contribution in [0, 0.1) is 5.92 Å². The SMILES string of the molecule is C[C@H]1CCC=C(OS(=O)(=O)C(F)(F)F)C1. The highest BCUT2D eigenvalue weighted by atomic mass is 32.2. The minimum absolute atomic E-state index is 0.105. The smallest absolute Gasteiger partial charge is 0.381 e. The van der Waals surface area contributed by atoms with Crippen LogP contribution in [-0.4, -0.2) is 13.9 Å². The van der Waals surface area contributed by atoms with Crippen molar-refractivity contribution in [3.8, 4) is 0 Å². The maximum Gasteiger partial charge on any atom is 0.534 e. The van der Waals surface area contributed by atoms with E-state index in [1.165, 1.54) is 6.08 Å². The van der Waals surface area contributed by atoms with E-state index < -0.39 is 15.6 Å². The predicted molar refractivity (Wildman–Crippen MR) is 47.2 cm³/mol. The molecule has 0 bridgehead atoms. The zero-order chi connectivity index (χ0) is 11.7. The predicted octanol–water partition coefficient (Wildman–Crippen LogP) is 2.56. The molecule has 0 amide bonds. The molecule has 0 spiro atoms. The van der Waals surface area contributed by atoms with Gasteiger partial charge in [0.2, 0.25) is 0 Å². The number of hydrogen-bond acceptors (Lipinski definition) is 3. The lowest BCUT2D eigenvalue weighted by atomic mass is 9.95. The molecular weight excluding hydrogens is 233 g/mol. The lowest BCUT2D eigenvalue weighted by Crippen LogP contribution is -2.26. The van der Waals surface area contributed by atoms with Gasteiger partial charge in [-0.15, -0.1) is 0 Å². The Morgan fingerprint density at radius 1 is 1.47 bits per heavy atom. The van der Waals surface area contributed by atoms with Crippen molar-refractivity contribution in [3.63, 3.8) is 0 Å². The molecule has 88 valence electrons. The van der Waals surface area contributed by atoms with Crippen LogP contribution in [0.4, 0.5) is 13.2 Å². The van der Waals surface area contributed by atoms with Gasteiger partial charge in [0, 0.05) is 6.42 Å². The first kappa shape index (κ1) is 12.4. The monoisotopic (exact) mass is 244 g/mol. The first-order chi connectivity index (χ1) is 6.72. The van der Waals surface area contributed by atoms with E-state index in [2.05, 4.69) is 4.18 Å². The van der Waals surface area contributed by atoms with Gasteiger partial charge in [0.05, 0.1) is 0 Å². The van der Waals surface area contributed by atoms with Crippen LogP contribution in [0.5, 0.6) is 0 Å². The summed E-state index contributed by atoms with van der Waals surface area (Å²) in [5.41, 5.74) is -5.35.